The summed E-state index contributed by atoms with van der Waals surface area (Å²) >= 11 is 0. The zero-order valence-corrected chi connectivity index (χ0v) is 7.80. The van der Waals surface area contributed by atoms with E-state index in [9.17, 15) is 14.7 Å². The first-order valence-electron chi connectivity index (χ1n) is 4.62. The van der Waals surface area contributed by atoms with Crippen LogP contribution in [0.3, 0.4) is 0 Å². The third kappa shape index (κ3) is 1.14. The molecule has 0 spiro atoms. The van der Waals surface area contributed by atoms with E-state index in [0.29, 0.717) is 0 Å². The Morgan fingerprint density at radius 3 is 2.36 bits per heavy atom. The lowest BCUT2D eigenvalue weighted by Crippen LogP contribution is -2.41. The maximum atomic E-state index is 11.4. The summed E-state index contributed by atoms with van der Waals surface area (Å²) in [6.45, 7) is 0. The van der Waals surface area contributed by atoms with E-state index in [1.54, 1.807) is 0 Å². The lowest BCUT2D eigenvalue weighted by atomic mass is 9.83. The molecule has 2 rings (SSSR count). The Morgan fingerprint density at radius 2 is 1.86 bits per heavy atom. The molecule has 0 aliphatic heterocycles. The molecule has 2 bridgehead atoms. The number of ether oxygens (including phenoxy) is 1. The SMILES string of the molecule is COC(=O)[C@@H]1[C@@H](C(=O)[O-])[C@H]2C=C[C@H]1C2. The number of esters is 1. The number of hydrogen-bond donors (Lipinski definition) is 0. The maximum absolute atomic E-state index is 11.4. The van der Waals surface area contributed by atoms with Gasteiger partial charge in [-0.15, -0.1) is 0 Å². The Bertz CT molecular complexity index is 307. The molecule has 0 aromatic rings. The van der Waals surface area contributed by atoms with Crippen molar-refractivity contribution in [2.24, 2.45) is 23.7 Å². The summed E-state index contributed by atoms with van der Waals surface area (Å²) in [5, 5.41) is 10.9. The van der Waals surface area contributed by atoms with E-state index in [-0.39, 0.29) is 11.8 Å². The standard InChI is InChI=1S/C10H12O4/c1-14-10(13)8-6-3-2-5(4-6)7(8)9(11)12/h2-3,5-8H,4H2,1H3,(H,11,12)/p-1/t5-,6-,7-,8-/m0/s1. The molecule has 0 aromatic heterocycles. The van der Waals surface area contributed by atoms with Crippen molar-refractivity contribution < 1.29 is 19.4 Å². The molecule has 14 heavy (non-hydrogen) atoms. The van der Waals surface area contributed by atoms with Gasteiger partial charge in [-0.2, -0.15) is 0 Å². The minimum atomic E-state index is -1.14. The Hall–Kier alpha value is -1.32. The lowest BCUT2D eigenvalue weighted by molar-refractivity contribution is -0.314. The molecule has 0 radical (unpaired) electrons. The molecule has 1 fully saturated rings. The molecule has 4 nitrogen and oxygen atoms in total. The quantitative estimate of drug-likeness (QED) is 0.433. The van der Waals surface area contributed by atoms with E-state index in [4.69, 9.17) is 0 Å². The van der Waals surface area contributed by atoms with Crippen LogP contribution in [0.25, 0.3) is 0 Å². The Labute approximate surface area is 81.6 Å². The molecule has 0 saturated heterocycles. The van der Waals surface area contributed by atoms with Crippen LogP contribution in [0.4, 0.5) is 0 Å². The van der Waals surface area contributed by atoms with Crippen LogP contribution in [0.15, 0.2) is 12.2 Å². The van der Waals surface area contributed by atoms with Gasteiger partial charge in [-0.25, -0.2) is 0 Å². The van der Waals surface area contributed by atoms with E-state index in [1.165, 1.54) is 7.11 Å². The van der Waals surface area contributed by atoms with Gasteiger partial charge in [-0.05, 0) is 18.3 Å². The number of rotatable bonds is 2. The number of methoxy groups -OCH3 is 1. The monoisotopic (exact) mass is 195 g/mol. The van der Waals surface area contributed by atoms with Gasteiger partial charge < -0.3 is 14.6 Å². The summed E-state index contributed by atoms with van der Waals surface area (Å²) in [6, 6.07) is 0. The molecule has 0 aromatic carbocycles. The van der Waals surface area contributed by atoms with Crippen molar-refractivity contribution >= 4 is 11.9 Å². The van der Waals surface area contributed by atoms with Gasteiger partial charge in [0.25, 0.3) is 0 Å². The summed E-state index contributed by atoms with van der Waals surface area (Å²) in [4.78, 5) is 22.2. The average Bonchev–Trinajstić information content (AvgIpc) is 2.74. The van der Waals surface area contributed by atoms with Crippen LogP contribution >= 0.6 is 0 Å². The van der Waals surface area contributed by atoms with Crippen LogP contribution in [0.5, 0.6) is 0 Å². The molecular formula is C10H11O4-. The van der Waals surface area contributed by atoms with Crippen LogP contribution in [-0.2, 0) is 14.3 Å². The molecule has 0 N–H and O–H groups in total. The highest BCUT2D eigenvalue weighted by molar-refractivity contribution is 5.82. The second kappa shape index (κ2) is 3.12. The van der Waals surface area contributed by atoms with Crippen LogP contribution in [0.1, 0.15) is 6.42 Å². The lowest BCUT2D eigenvalue weighted by Gasteiger charge is -2.26. The number of carbonyl (C=O) groups is 2. The summed E-state index contributed by atoms with van der Waals surface area (Å²) in [6.07, 6.45) is 4.51. The first-order chi connectivity index (χ1) is 6.65. The van der Waals surface area contributed by atoms with E-state index < -0.39 is 23.8 Å². The molecule has 4 heteroatoms. The van der Waals surface area contributed by atoms with Crippen LogP contribution < -0.4 is 5.11 Å². The van der Waals surface area contributed by atoms with Crippen LogP contribution in [-0.4, -0.2) is 19.0 Å². The molecular weight excluding hydrogens is 184 g/mol. The van der Waals surface area contributed by atoms with Gasteiger partial charge in [0.2, 0.25) is 0 Å². The summed E-state index contributed by atoms with van der Waals surface area (Å²) in [7, 11) is 1.28. The van der Waals surface area contributed by atoms with Crippen molar-refractivity contribution in [1.82, 2.24) is 0 Å². The number of carboxylic acid groups (broad SMARTS) is 1. The first-order valence-corrected chi connectivity index (χ1v) is 4.62. The van der Waals surface area contributed by atoms with Gasteiger partial charge in [0.1, 0.15) is 0 Å². The highest BCUT2D eigenvalue weighted by atomic mass is 16.5. The zero-order valence-electron chi connectivity index (χ0n) is 7.80. The predicted molar refractivity (Wildman–Crippen MR) is 44.7 cm³/mol. The topological polar surface area (TPSA) is 66.4 Å². The fourth-order valence-corrected chi connectivity index (χ4v) is 2.60. The van der Waals surface area contributed by atoms with E-state index >= 15 is 0 Å². The molecule has 0 amide bonds. The van der Waals surface area contributed by atoms with Gasteiger partial charge in [-0.1, -0.05) is 12.2 Å². The third-order valence-electron chi connectivity index (χ3n) is 3.20. The largest absolute Gasteiger partial charge is 0.550 e. The second-order valence-electron chi connectivity index (χ2n) is 3.84. The number of fused-ring (bicyclic) bond motifs is 2. The predicted octanol–water partition coefficient (Wildman–Crippen LogP) is -0.652. The highest BCUT2D eigenvalue weighted by Crippen LogP contribution is 2.48. The van der Waals surface area contributed by atoms with Crippen LogP contribution in [0, 0.1) is 23.7 Å². The van der Waals surface area contributed by atoms with Gasteiger partial charge >= 0.3 is 5.97 Å². The zero-order chi connectivity index (χ0) is 10.3. The van der Waals surface area contributed by atoms with Gasteiger partial charge in [0.05, 0.1) is 13.0 Å². The number of hydrogen-bond acceptors (Lipinski definition) is 4. The first kappa shape index (κ1) is 9.24. The smallest absolute Gasteiger partial charge is 0.309 e. The molecule has 2 aliphatic rings. The van der Waals surface area contributed by atoms with Crippen molar-refractivity contribution in [2.45, 2.75) is 6.42 Å². The fraction of sp³-hybridized carbons (Fsp3) is 0.600. The average molecular weight is 195 g/mol. The Morgan fingerprint density at radius 1 is 1.29 bits per heavy atom. The summed E-state index contributed by atoms with van der Waals surface area (Å²) in [5.74, 6) is -2.84. The fourth-order valence-electron chi connectivity index (χ4n) is 2.60. The molecule has 0 unspecified atom stereocenters. The highest BCUT2D eigenvalue weighted by Gasteiger charge is 2.49. The molecule has 76 valence electrons. The minimum Gasteiger partial charge on any atom is -0.550 e. The van der Waals surface area contributed by atoms with Crippen molar-refractivity contribution in [2.75, 3.05) is 7.11 Å². The van der Waals surface area contributed by atoms with Crippen LogP contribution in [0.2, 0.25) is 0 Å². The maximum Gasteiger partial charge on any atom is 0.309 e. The van der Waals surface area contributed by atoms with Crippen molar-refractivity contribution in [3.8, 4) is 0 Å². The minimum absolute atomic E-state index is 0.0235. The third-order valence-corrected chi connectivity index (χ3v) is 3.20. The second-order valence-corrected chi connectivity index (χ2v) is 3.84. The summed E-state index contributed by atoms with van der Waals surface area (Å²) < 4.78 is 4.60. The van der Waals surface area contributed by atoms with Gasteiger partial charge in [-0.3, -0.25) is 4.79 Å². The Kier molecular flexibility index (Phi) is 2.06. The van der Waals surface area contributed by atoms with E-state index in [1.807, 2.05) is 12.2 Å². The normalized spacial score (nSPS) is 38.6. The van der Waals surface area contributed by atoms with Crippen molar-refractivity contribution in [3.63, 3.8) is 0 Å². The molecule has 1 saturated carbocycles. The summed E-state index contributed by atoms with van der Waals surface area (Å²) in [5.41, 5.74) is 0. The number of carboxylic acids is 1. The van der Waals surface area contributed by atoms with Crippen molar-refractivity contribution in [1.29, 1.82) is 0 Å². The number of carbonyl (C=O) groups excluding carboxylic acids is 2. The van der Waals surface area contributed by atoms with Crippen molar-refractivity contribution in [3.05, 3.63) is 12.2 Å². The molecule has 4 atom stereocenters. The number of aliphatic carboxylic acids is 1. The van der Waals surface area contributed by atoms with E-state index in [2.05, 4.69) is 4.74 Å². The molecule has 0 heterocycles. The number of allylic oxidation sites excluding steroid dienone is 2. The Balaban J connectivity index is 2.26. The van der Waals surface area contributed by atoms with Gasteiger partial charge in [0, 0.05) is 11.9 Å². The van der Waals surface area contributed by atoms with E-state index in [0.717, 1.165) is 6.42 Å². The molecule has 2 aliphatic carbocycles. The van der Waals surface area contributed by atoms with Gasteiger partial charge in [0.15, 0.2) is 0 Å².